The van der Waals surface area contributed by atoms with Crippen molar-refractivity contribution >= 4 is 28.9 Å². The lowest BCUT2D eigenvalue weighted by Crippen LogP contribution is -2.26. The predicted molar refractivity (Wildman–Crippen MR) is 133 cm³/mol. The summed E-state index contributed by atoms with van der Waals surface area (Å²) in [5.74, 6) is -0.832. The third kappa shape index (κ3) is 7.01. The quantitative estimate of drug-likeness (QED) is 0.360. The Labute approximate surface area is 195 Å². The minimum Gasteiger partial charge on any atom is -0.479 e. The zero-order chi connectivity index (χ0) is 22.8. The van der Waals surface area contributed by atoms with Crippen LogP contribution in [0.25, 0.3) is 0 Å². The van der Waals surface area contributed by atoms with Crippen molar-refractivity contribution in [3.8, 4) is 0 Å². The molecule has 0 unspecified atom stereocenters. The number of hydrogen-bond donors (Lipinski definition) is 2. The van der Waals surface area contributed by atoms with Crippen LogP contribution in [0.1, 0.15) is 36.0 Å². The summed E-state index contributed by atoms with van der Waals surface area (Å²) in [6.07, 6.45) is 1.29. The van der Waals surface area contributed by atoms with E-state index in [1.54, 1.807) is 6.92 Å². The maximum Gasteiger partial charge on any atom is 0.333 e. The molecule has 0 bridgehead atoms. The van der Waals surface area contributed by atoms with Gasteiger partial charge in [-0.2, -0.15) is 0 Å². The monoisotopic (exact) mass is 447 g/mol. The lowest BCUT2D eigenvalue weighted by atomic mass is 9.91. The molecular weight excluding hydrogens is 418 g/mol. The summed E-state index contributed by atoms with van der Waals surface area (Å²) in [6, 6.07) is 28.4. The van der Waals surface area contributed by atoms with Crippen molar-refractivity contribution in [1.29, 1.82) is 0 Å². The molecule has 0 aliphatic carbocycles. The van der Waals surface area contributed by atoms with E-state index < -0.39 is 12.1 Å². The fourth-order valence-corrected chi connectivity index (χ4v) is 4.04. The molecule has 5 heteroatoms. The SMILES string of the molecule is CCO[C@H](Cc1ccc(CC[C@@H](C(=S)Nc2ccccc2)c2ccccc2)cc1)C(=O)O. The van der Waals surface area contributed by atoms with Crippen LogP contribution in [-0.2, 0) is 22.4 Å². The molecule has 0 radical (unpaired) electrons. The second kappa shape index (κ2) is 12.1. The molecule has 3 aromatic rings. The van der Waals surface area contributed by atoms with E-state index in [1.807, 2.05) is 60.7 Å². The number of benzene rings is 3. The Morgan fingerprint density at radius 2 is 1.53 bits per heavy atom. The van der Waals surface area contributed by atoms with Gasteiger partial charge >= 0.3 is 5.97 Å². The number of aryl methyl sites for hydroxylation is 1. The fourth-order valence-electron chi connectivity index (χ4n) is 3.67. The smallest absolute Gasteiger partial charge is 0.333 e. The molecule has 4 nitrogen and oxygen atoms in total. The number of carboxylic acid groups (broad SMARTS) is 1. The molecule has 32 heavy (non-hydrogen) atoms. The molecule has 0 aliphatic heterocycles. The third-order valence-electron chi connectivity index (χ3n) is 5.37. The number of para-hydroxylation sites is 1. The molecule has 0 spiro atoms. The number of aliphatic carboxylic acids is 1. The van der Waals surface area contributed by atoms with Gasteiger partial charge in [-0.15, -0.1) is 0 Å². The molecule has 2 N–H and O–H groups in total. The molecule has 0 fully saturated rings. The largest absolute Gasteiger partial charge is 0.479 e. The second-order valence-corrected chi connectivity index (χ2v) is 8.10. The zero-order valence-electron chi connectivity index (χ0n) is 18.2. The van der Waals surface area contributed by atoms with Crippen LogP contribution in [-0.4, -0.2) is 28.8 Å². The average molecular weight is 448 g/mol. The summed E-state index contributed by atoms with van der Waals surface area (Å²) in [5.41, 5.74) is 4.33. The van der Waals surface area contributed by atoms with E-state index >= 15 is 0 Å². The normalized spacial score (nSPS) is 12.7. The maximum absolute atomic E-state index is 11.3. The van der Waals surface area contributed by atoms with Crippen molar-refractivity contribution in [1.82, 2.24) is 0 Å². The Morgan fingerprint density at radius 1 is 0.938 bits per heavy atom. The lowest BCUT2D eigenvalue weighted by Gasteiger charge is -2.20. The molecule has 2 atom stereocenters. The Balaban J connectivity index is 1.66. The molecule has 0 amide bonds. The van der Waals surface area contributed by atoms with Gasteiger partial charge in [0.1, 0.15) is 0 Å². The highest BCUT2D eigenvalue weighted by Gasteiger charge is 2.19. The summed E-state index contributed by atoms with van der Waals surface area (Å²) >= 11 is 5.79. The molecule has 3 aromatic carbocycles. The Hall–Kier alpha value is -3.02. The first-order chi connectivity index (χ1) is 15.6. The van der Waals surface area contributed by atoms with Crippen molar-refractivity contribution in [3.05, 3.63) is 102 Å². The number of nitrogens with one attached hydrogen (secondary N) is 1. The Kier molecular flexibility index (Phi) is 8.96. The Morgan fingerprint density at radius 3 is 2.12 bits per heavy atom. The lowest BCUT2D eigenvalue weighted by molar-refractivity contribution is -0.149. The Bertz CT molecular complexity index is 990. The first kappa shape index (κ1) is 23.6. The van der Waals surface area contributed by atoms with Crippen molar-refractivity contribution < 1.29 is 14.6 Å². The van der Waals surface area contributed by atoms with E-state index in [0.717, 1.165) is 29.1 Å². The molecular formula is C27H29NO3S. The number of carboxylic acids is 1. The molecule has 0 saturated carbocycles. The van der Waals surface area contributed by atoms with Crippen LogP contribution in [0.3, 0.4) is 0 Å². The van der Waals surface area contributed by atoms with E-state index in [2.05, 4.69) is 29.6 Å². The molecule has 166 valence electrons. The van der Waals surface area contributed by atoms with Gasteiger partial charge in [0.2, 0.25) is 0 Å². The molecule has 0 saturated heterocycles. The first-order valence-electron chi connectivity index (χ1n) is 10.9. The topological polar surface area (TPSA) is 58.6 Å². The van der Waals surface area contributed by atoms with Gasteiger partial charge in [0.15, 0.2) is 6.10 Å². The van der Waals surface area contributed by atoms with E-state index in [1.165, 1.54) is 11.1 Å². The van der Waals surface area contributed by atoms with Gasteiger partial charge in [-0.25, -0.2) is 4.79 Å². The van der Waals surface area contributed by atoms with Crippen molar-refractivity contribution in [2.75, 3.05) is 11.9 Å². The van der Waals surface area contributed by atoms with Crippen molar-refractivity contribution in [2.45, 2.75) is 38.2 Å². The standard InChI is InChI=1S/C27H29NO3S/c1-2-31-25(27(29)30)19-21-15-13-20(14-16-21)17-18-24(22-9-5-3-6-10-22)26(32)28-23-11-7-4-8-12-23/h3-16,24-25H,2,17-19H2,1H3,(H,28,32)(H,29,30)/t24-,25-/m1/s1. The van der Waals surface area contributed by atoms with Crippen LogP contribution in [0.15, 0.2) is 84.9 Å². The predicted octanol–water partition coefficient (Wildman–Crippen LogP) is 5.87. The van der Waals surface area contributed by atoms with Gasteiger partial charge in [-0.05, 0) is 48.6 Å². The van der Waals surface area contributed by atoms with Crippen LogP contribution in [0.2, 0.25) is 0 Å². The van der Waals surface area contributed by atoms with Crippen LogP contribution < -0.4 is 5.32 Å². The zero-order valence-corrected chi connectivity index (χ0v) is 19.1. The average Bonchev–Trinajstić information content (AvgIpc) is 2.81. The van der Waals surface area contributed by atoms with Crippen molar-refractivity contribution in [2.24, 2.45) is 0 Å². The number of hydrogen-bond acceptors (Lipinski definition) is 3. The summed E-state index contributed by atoms with van der Waals surface area (Å²) in [4.78, 5) is 12.1. The second-order valence-electron chi connectivity index (χ2n) is 7.66. The van der Waals surface area contributed by atoms with Gasteiger partial charge in [0, 0.05) is 24.6 Å². The fraction of sp³-hybridized carbons (Fsp3) is 0.259. The van der Waals surface area contributed by atoms with Crippen LogP contribution in [0, 0.1) is 0 Å². The van der Waals surface area contributed by atoms with Gasteiger partial charge < -0.3 is 15.2 Å². The number of ether oxygens (including phenoxy) is 1. The summed E-state index contributed by atoms with van der Waals surface area (Å²) in [5, 5.41) is 12.7. The molecule has 0 heterocycles. The number of thiocarbonyl (C=S) groups is 1. The number of rotatable bonds is 11. The van der Waals surface area contributed by atoms with E-state index in [9.17, 15) is 9.90 Å². The first-order valence-corrected chi connectivity index (χ1v) is 11.3. The number of carbonyl (C=O) groups is 1. The molecule has 0 aliphatic rings. The highest BCUT2D eigenvalue weighted by molar-refractivity contribution is 7.80. The summed E-state index contributed by atoms with van der Waals surface area (Å²) in [6.45, 7) is 2.19. The van der Waals surface area contributed by atoms with Gasteiger partial charge in [-0.1, -0.05) is 85.0 Å². The molecule has 3 rings (SSSR count). The minimum atomic E-state index is -0.930. The highest BCUT2D eigenvalue weighted by Crippen LogP contribution is 2.25. The van der Waals surface area contributed by atoms with E-state index in [4.69, 9.17) is 17.0 Å². The highest BCUT2D eigenvalue weighted by atomic mass is 32.1. The molecule has 0 aromatic heterocycles. The van der Waals surface area contributed by atoms with Gasteiger partial charge in [0.25, 0.3) is 0 Å². The maximum atomic E-state index is 11.3. The number of anilines is 1. The minimum absolute atomic E-state index is 0.0976. The third-order valence-corrected chi connectivity index (χ3v) is 5.76. The van der Waals surface area contributed by atoms with Crippen LogP contribution >= 0.6 is 12.2 Å². The summed E-state index contributed by atoms with van der Waals surface area (Å²) < 4.78 is 5.32. The van der Waals surface area contributed by atoms with E-state index in [0.29, 0.717) is 13.0 Å². The van der Waals surface area contributed by atoms with Gasteiger partial charge in [-0.3, -0.25) is 0 Å². The van der Waals surface area contributed by atoms with Crippen LogP contribution in [0.5, 0.6) is 0 Å². The van der Waals surface area contributed by atoms with Crippen LogP contribution in [0.4, 0.5) is 5.69 Å². The van der Waals surface area contributed by atoms with E-state index in [-0.39, 0.29) is 5.92 Å². The van der Waals surface area contributed by atoms with Crippen molar-refractivity contribution in [3.63, 3.8) is 0 Å². The van der Waals surface area contributed by atoms with Gasteiger partial charge in [0.05, 0.1) is 4.99 Å². The summed E-state index contributed by atoms with van der Waals surface area (Å²) in [7, 11) is 0.